The lowest BCUT2D eigenvalue weighted by Gasteiger charge is -2.33. The molecule has 3 heteroatoms. The van der Waals surface area contributed by atoms with Crippen molar-refractivity contribution in [3.05, 3.63) is 0 Å². The Kier molecular flexibility index (Phi) is 3.22. The third-order valence-corrected chi connectivity index (χ3v) is 3.41. The van der Waals surface area contributed by atoms with Crippen molar-refractivity contribution in [3.63, 3.8) is 0 Å². The summed E-state index contributed by atoms with van der Waals surface area (Å²) in [5, 5.41) is 9.18. The summed E-state index contributed by atoms with van der Waals surface area (Å²) in [5.41, 5.74) is 5.99. The summed E-state index contributed by atoms with van der Waals surface area (Å²) in [6.07, 6.45) is 2.78. The van der Waals surface area contributed by atoms with Crippen LogP contribution in [0.1, 0.15) is 26.2 Å². The molecule has 1 heterocycles. The topological polar surface area (TPSA) is 46.2 Å². The Morgan fingerprint density at radius 3 is 2.91 bits per heavy atom. The van der Waals surface area contributed by atoms with Crippen LogP contribution in [0.5, 0.6) is 0 Å². The standard InChI is InChI=1S/C8H17NOS/c1-7(10)5-8(9)3-2-4-11-6-8/h7,10H,2-6,9H2,1H3. The summed E-state index contributed by atoms with van der Waals surface area (Å²) in [6, 6.07) is 0. The van der Waals surface area contributed by atoms with Crippen LogP contribution in [-0.2, 0) is 0 Å². The van der Waals surface area contributed by atoms with Gasteiger partial charge in [-0.2, -0.15) is 11.8 Å². The molecule has 1 aliphatic heterocycles. The minimum Gasteiger partial charge on any atom is -0.393 e. The van der Waals surface area contributed by atoms with Gasteiger partial charge in [-0.25, -0.2) is 0 Å². The molecule has 11 heavy (non-hydrogen) atoms. The van der Waals surface area contributed by atoms with E-state index in [4.69, 9.17) is 5.73 Å². The van der Waals surface area contributed by atoms with Gasteiger partial charge in [0.2, 0.25) is 0 Å². The first-order valence-corrected chi connectivity index (χ1v) is 5.33. The average Bonchev–Trinajstić information content (AvgIpc) is 1.85. The maximum Gasteiger partial charge on any atom is 0.0529 e. The van der Waals surface area contributed by atoms with Crippen molar-refractivity contribution < 1.29 is 5.11 Å². The second-order valence-corrected chi connectivity index (χ2v) is 4.68. The smallest absolute Gasteiger partial charge is 0.0529 e. The lowest BCUT2D eigenvalue weighted by atomic mass is 9.90. The molecule has 0 aliphatic carbocycles. The predicted octanol–water partition coefficient (Wildman–Crippen LogP) is 0.982. The normalized spacial score (nSPS) is 35.2. The maximum atomic E-state index is 9.18. The van der Waals surface area contributed by atoms with Crippen LogP contribution in [0, 0.1) is 0 Å². The van der Waals surface area contributed by atoms with Crippen LogP contribution >= 0.6 is 11.8 Å². The number of aliphatic hydroxyl groups excluding tert-OH is 1. The van der Waals surface area contributed by atoms with Gasteiger partial charge in [0.15, 0.2) is 0 Å². The molecule has 0 amide bonds. The SMILES string of the molecule is CC(O)CC1(N)CCCSC1. The summed E-state index contributed by atoms with van der Waals surface area (Å²) >= 11 is 1.91. The number of rotatable bonds is 2. The molecule has 1 saturated heterocycles. The third-order valence-electron chi connectivity index (χ3n) is 2.05. The summed E-state index contributed by atoms with van der Waals surface area (Å²) < 4.78 is 0. The highest BCUT2D eigenvalue weighted by atomic mass is 32.2. The van der Waals surface area contributed by atoms with E-state index in [9.17, 15) is 5.11 Å². The number of thioether (sulfide) groups is 1. The first-order valence-electron chi connectivity index (χ1n) is 4.17. The lowest BCUT2D eigenvalue weighted by molar-refractivity contribution is 0.150. The van der Waals surface area contributed by atoms with E-state index < -0.39 is 0 Å². The number of nitrogens with two attached hydrogens (primary N) is 1. The molecule has 0 aromatic rings. The van der Waals surface area contributed by atoms with Crippen molar-refractivity contribution in [1.29, 1.82) is 0 Å². The van der Waals surface area contributed by atoms with Gasteiger partial charge in [0.1, 0.15) is 0 Å². The molecule has 66 valence electrons. The molecule has 2 unspecified atom stereocenters. The van der Waals surface area contributed by atoms with Crippen molar-refractivity contribution in [3.8, 4) is 0 Å². The van der Waals surface area contributed by atoms with Gasteiger partial charge >= 0.3 is 0 Å². The number of aliphatic hydroxyl groups is 1. The fourth-order valence-electron chi connectivity index (χ4n) is 1.62. The van der Waals surface area contributed by atoms with Crippen LogP contribution < -0.4 is 5.73 Å². The molecular formula is C8H17NOS. The zero-order valence-electron chi connectivity index (χ0n) is 7.05. The molecule has 3 N–H and O–H groups in total. The van der Waals surface area contributed by atoms with Gasteiger partial charge < -0.3 is 10.8 Å². The van der Waals surface area contributed by atoms with Crippen LogP contribution in [0.3, 0.4) is 0 Å². The van der Waals surface area contributed by atoms with Gasteiger partial charge in [-0.3, -0.25) is 0 Å². The van der Waals surface area contributed by atoms with Crippen molar-refractivity contribution in [2.24, 2.45) is 5.73 Å². The quantitative estimate of drug-likeness (QED) is 0.657. The summed E-state index contributed by atoms with van der Waals surface area (Å²) in [4.78, 5) is 0. The fourth-order valence-corrected chi connectivity index (χ4v) is 2.78. The van der Waals surface area contributed by atoms with E-state index in [1.165, 1.54) is 12.2 Å². The van der Waals surface area contributed by atoms with E-state index in [1.807, 2.05) is 18.7 Å². The Morgan fingerprint density at radius 1 is 1.73 bits per heavy atom. The van der Waals surface area contributed by atoms with E-state index in [2.05, 4.69) is 0 Å². The molecule has 0 spiro atoms. The largest absolute Gasteiger partial charge is 0.393 e. The van der Waals surface area contributed by atoms with E-state index in [0.717, 1.165) is 18.6 Å². The van der Waals surface area contributed by atoms with Crippen LogP contribution in [0.2, 0.25) is 0 Å². The van der Waals surface area contributed by atoms with Crippen molar-refractivity contribution in [2.45, 2.75) is 37.8 Å². The highest BCUT2D eigenvalue weighted by molar-refractivity contribution is 7.99. The fraction of sp³-hybridized carbons (Fsp3) is 1.00. The van der Waals surface area contributed by atoms with E-state index in [1.54, 1.807) is 0 Å². The van der Waals surface area contributed by atoms with Crippen LogP contribution in [0.4, 0.5) is 0 Å². The minimum absolute atomic E-state index is 0.0862. The van der Waals surface area contributed by atoms with Crippen LogP contribution in [-0.4, -0.2) is 28.3 Å². The zero-order chi connectivity index (χ0) is 8.32. The first kappa shape index (κ1) is 9.36. The van der Waals surface area contributed by atoms with Gasteiger partial charge in [-0.05, 0) is 31.9 Å². The molecule has 0 aromatic carbocycles. The monoisotopic (exact) mass is 175 g/mol. The van der Waals surface area contributed by atoms with Crippen molar-refractivity contribution in [2.75, 3.05) is 11.5 Å². The molecule has 0 radical (unpaired) electrons. The molecule has 0 saturated carbocycles. The van der Waals surface area contributed by atoms with Crippen LogP contribution in [0.25, 0.3) is 0 Å². The van der Waals surface area contributed by atoms with Crippen molar-refractivity contribution in [1.82, 2.24) is 0 Å². The molecular weight excluding hydrogens is 158 g/mol. The zero-order valence-corrected chi connectivity index (χ0v) is 7.86. The first-order chi connectivity index (χ1) is 5.12. The van der Waals surface area contributed by atoms with E-state index in [0.29, 0.717) is 0 Å². The maximum absolute atomic E-state index is 9.18. The van der Waals surface area contributed by atoms with Gasteiger partial charge in [0.05, 0.1) is 6.10 Å². The highest BCUT2D eigenvalue weighted by Gasteiger charge is 2.28. The van der Waals surface area contributed by atoms with Gasteiger partial charge in [-0.1, -0.05) is 0 Å². The van der Waals surface area contributed by atoms with Crippen molar-refractivity contribution >= 4 is 11.8 Å². The van der Waals surface area contributed by atoms with E-state index >= 15 is 0 Å². The van der Waals surface area contributed by atoms with Gasteiger partial charge in [0, 0.05) is 11.3 Å². The molecule has 2 atom stereocenters. The Morgan fingerprint density at radius 2 is 2.45 bits per heavy atom. The van der Waals surface area contributed by atoms with Crippen LogP contribution in [0.15, 0.2) is 0 Å². The molecule has 0 bridgehead atoms. The second kappa shape index (κ2) is 3.78. The lowest BCUT2D eigenvalue weighted by Crippen LogP contribution is -2.46. The predicted molar refractivity (Wildman–Crippen MR) is 49.8 cm³/mol. The minimum atomic E-state index is -0.251. The van der Waals surface area contributed by atoms with Gasteiger partial charge in [-0.15, -0.1) is 0 Å². The molecule has 2 nitrogen and oxygen atoms in total. The Labute approximate surface area is 72.5 Å². The average molecular weight is 175 g/mol. The summed E-state index contributed by atoms with van der Waals surface area (Å²) in [7, 11) is 0. The molecule has 1 rings (SSSR count). The summed E-state index contributed by atoms with van der Waals surface area (Å²) in [6.45, 7) is 1.81. The van der Waals surface area contributed by atoms with Gasteiger partial charge in [0.25, 0.3) is 0 Å². The Hall–Kier alpha value is 0.270. The highest BCUT2D eigenvalue weighted by Crippen LogP contribution is 2.28. The third kappa shape index (κ3) is 3.01. The Bertz CT molecular complexity index is 121. The second-order valence-electron chi connectivity index (χ2n) is 3.57. The Balaban J connectivity index is 2.37. The number of hydrogen-bond donors (Lipinski definition) is 2. The number of hydrogen-bond acceptors (Lipinski definition) is 3. The molecule has 1 aliphatic rings. The molecule has 0 aromatic heterocycles. The summed E-state index contributed by atoms with van der Waals surface area (Å²) in [5.74, 6) is 2.25. The molecule has 1 fully saturated rings. The van der Waals surface area contributed by atoms with E-state index in [-0.39, 0.29) is 11.6 Å².